The van der Waals surface area contributed by atoms with Crippen LogP contribution in [0.1, 0.15) is 43.2 Å². The SMILES string of the molecule is O=C1CCc2cc(S(=O)(=O)NC3CCC(Oc4cnccn4)CC3)cc3c2N1CC3. The lowest BCUT2D eigenvalue weighted by Gasteiger charge is -2.29. The van der Waals surface area contributed by atoms with Crippen molar-refractivity contribution in [1.82, 2.24) is 14.7 Å². The summed E-state index contributed by atoms with van der Waals surface area (Å²) in [5, 5.41) is 0. The Morgan fingerprint density at radius 1 is 1.03 bits per heavy atom. The topological polar surface area (TPSA) is 101 Å². The largest absolute Gasteiger partial charge is 0.473 e. The molecule has 1 aliphatic carbocycles. The number of anilines is 1. The second-order valence-corrected chi connectivity index (χ2v) is 9.86. The molecule has 158 valence electrons. The lowest BCUT2D eigenvalue weighted by Crippen LogP contribution is -2.39. The van der Waals surface area contributed by atoms with Crippen molar-refractivity contribution in [2.75, 3.05) is 11.4 Å². The van der Waals surface area contributed by atoms with Gasteiger partial charge in [-0.2, -0.15) is 0 Å². The highest BCUT2D eigenvalue weighted by atomic mass is 32.2. The number of sulfonamides is 1. The van der Waals surface area contributed by atoms with Gasteiger partial charge < -0.3 is 9.64 Å². The van der Waals surface area contributed by atoms with E-state index >= 15 is 0 Å². The summed E-state index contributed by atoms with van der Waals surface area (Å²) in [6.45, 7) is 0.647. The first-order chi connectivity index (χ1) is 14.5. The van der Waals surface area contributed by atoms with Crippen LogP contribution in [0.2, 0.25) is 0 Å². The molecule has 2 aromatic rings. The van der Waals surface area contributed by atoms with Crippen molar-refractivity contribution in [2.45, 2.75) is 62.0 Å². The molecule has 0 bridgehead atoms. The van der Waals surface area contributed by atoms with Crippen molar-refractivity contribution in [1.29, 1.82) is 0 Å². The Bertz CT molecular complexity index is 1070. The van der Waals surface area contributed by atoms with Crippen molar-refractivity contribution in [3.05, 3.63) is 41.9 Å². The summed E-state index contributed by atoms with van der Waals surface area (Å²) in [7, 11) is -3.61. The van der Waals surface area contributed by atoms with E-state index < -0.39 is 10.0 Å². The van der Waals surface area contributed by atoms with Gasteiger partial charge >= 0.3 is 0 Å². The van der Waals surface area contributed by atoms with E-state index in [9.17, 15) is 13.2 Å². The Morgan fingerprint density at radius 3 is 2.53 bits per heavy atom. The normalized spacial score (nSPS) is 23.3. The van der Waals surface area contributed by atoms with E-state index in [1.54, 1.807) is 35.6 Å². The number of amides is 1. The van der Waals surface area contributed by atoms with Gasteiger partial charge in [-0.3, -0.25) is 9.78 Å². The van der Waals surface area contributed by atoms with Crippen LogP contribution in [0.5, 0.6) is 5.88 Å². The number of hydrogen-bond donors (Lipinski definition) is 1. The summed E-state index contributed by atoms with van der Waals surface area (Å²) in [5.74, 6) is 0.636. The van der Waals surface area contributed by atoms with Crippen molar-refractivity contribution < 1.29 is 17.9 Å². The lowest BCUT2D eigenvalue weighted by molar-refractivity contribution is -0.118. The van der Waals surface area contributed by atoms with Crippen LogP contribution in [0, 0.1) is 0 Å². The van der Waals surface area contributed by atoms with Crippen LogP contribution in [-0.2, 0) is 27.7 Å². The van der Waals surface area contributed by atoms with E-state index in [2.05, 4.69) is 14.7 Å². The van der Waals surface area contributed by atoms with Gasteiger partial charge in [-0.1, -0.05) is 0 Å². The third-order valence-corrected chi connectivity index (χ3v) is 7.66. The maximum Gasteiger partial charge on any atom is 0.240 e. The fourth-order valence-electron chi connectivity index (χ4n) is 4.68. The van der Waals surface area contributed by atoms with E-state index in [1.165, 1.54) is 0 Å². The molecule has 1 N–H and O–H groups in total. The maximum absolute atomic E-state index is 13.1. The maximum atomic E-state index is 13.1. The number of rotatable bonds is 5. The van der Waals surface area contributed by atoms with Crippen LogP contribution in [-0.4, -0.2) is 43.0 Å². The van der Waals surface area contributed by atoms with Crippen LogP contribution >= 0.6 is 0 Å². The molecular formula is C21H24N4O4S. The van der Waals surface area contributed by atoms with E-state index in [4.69, 9.17) is 4.74 Å². The Labute approximate surface area is 175 Å². The number of nitrogens with one attached hydrogen (secondary N) is 1. The van der Waals surface area contributed by atoms with E-state index in [0.717, 1.165) is 29.7 Å². The van der Waals surface area contributed by atoms with Gasteiger partial charge in [-0.15, -0.1) is 0 Å². The van der Waals surface area contributed by atoms with Gasteiger partial charge in [0, 0.05) is 31.4 Å². The predicted molar refractivity (Wildman–Crippen MR) is 110 cm³/mol. The van der Waals surface area contributed by atoms with Crippen LogP contribution in [0.4, 0.5) is 5.69 Å². The number of aromatic nitrogens is 2. The summed E-state index contributed by atoms with van der Waals surface area (Å²) in [6, 6.07) is 3.37. The van der Waals surface area contributed by atoms with Crippen molar-refractivity contribution in [3.63, 3.8) is 0 Å². The van der Waals surface area contributed by atoms with Crippen molar-refractivity contribution >= 4 is 21.6 Å². The van der Waals surface area contributed by atoms with E-state index in [-0.39, 0.29) is 18.1 Å². The average Bonchev–Trinajstić information content (AvgIpc) is 3.18. The summed E-state index contributed by atoms with van der Waals surface area (Å²) >= 11 is 0. The minimum Gasteiger partial charge on any atom is -0.473 e. The fraction of sp³-hybridized carbons (Fsp3) is 0.476. The first-order valence-electron chi connectivity index (χ1n) is 10.4. The first kappa shape index (κ1) is 19.4. The van der Waals surface area contributed by atoms with Gasteiger partial charge in [0.2, 0.25) is 21.8 Å². The number of carbonyl (C=O) groups excluding carboxylic acids is 1. The van der Waals surface area contributed by atoms with Crippen molar-refractivity contribution in [2.24, 2.45) is 0 Å². The van der Waals surface area contributed by atoms with Gasteiger partial charge in [0.05, 0.1) is 16.8 Å². The zero-order valence-corrected chi connectivity index (χ0v) is 17.4. The quantitative estimate of drug-likeness (QED) is 0.781. The predicted octanol–water partition coefficient (Wildman–Crippen LogP) is 1.98. The molecule has 0 unspecified atom stereocenters. The Morgan fingerprint density at radius 2 is 1.80 bits per heavy atom. The second-order valence-electron chi connectivity index (χ2n) is 8.14. The van der Waals surface area contributed by atoms with Gasteiger partial charge in [0.25, 0.3) is 0 Å². The molecule has 0 radical (unpaired) electrons. The minimum atomic E-state index is -3.61. The third-order valence-electron chi connectivity index (χ3n) is 6.16. The number of carbonyl (C=O) groups is 1. The zero-order chi connectivity index (χ0) is 20.7. The molecule has 1 aromatic carbocycles. The molecule has 1 aromatic heterocycles. The second kappa shape index (κ2) is 7.63. The summed E-state index contributed by atoms with van der Waals surface area (Å²) in [5.41, 5.74) is 2.86. The van der Waals surface area contributed by atoms with E-state index in [0.29, 0.717) is 49.4 Å². The van der Waals surface area contributed by atoms with Gasteiger partial charge in [0.1, 0.15) is 6.10 Å². The number of ether oxygens (including phenoxy) is 1. The van der Waals surface area contributed by atoms with Crippen LogP contribution in [0.15, 0.2) is 35.6 Å². The molecule has 3 heterocycles. The van der Waals surface area contributed by atoms with Crippen LogP contribution < -0.4 is 14.4 Å². The first-order valence-corrected chi connectivity index (χ1v) is 11.9. The average molecular weight is 429 g/mol. The molecule has 9 heteroatoms. The lowest BCUT2D eigenvalue weighted by atomic mass is 9.94. The molecule has 3 aliphatic rings. The molecule has 0 atom stereocenters. The van der Waals surface area contributed by atoms with Gasteiger partial charge in [-0.25, -0.2) is 18.1 Å². The monoisotopic (exact) mass is 428 g/mol. The Balaban J connectivity index is 1.26. The third kappa shape index (κ3) is 3.67. The number of hydrogen-bond acceptors (Lipinski definition) is 6. The Hall–Kier alpha value is -2.52. The summed E-state index contributed by atoms with van der Waals surface area (Å²) < 4.78 is 34.9. The number of aryl methyl sites for hydroxylation is 1. The van der Waals surface area contributed by atoms with Crippen LogP contribution in [0.25, 0.3) is 0 Å². The fourth-order valence-corrected chi connectivity index (χ4v) is 6.09. The van der Waals surface area contributed by atoms with E-state index in [1.807, 2.05) is 0 Å². The van der Waals surface area contributed by atoms with Crippen molar-refractivity contribution in [3.8, 4) is 5.88 Å². The standard InChI is InChI=1S/C21H24N4O4S/c26-20-6-1-14-11-18(12-15-7-10-25(20)21(14)15)30(27,28)24-16-2-4-17(5-3-16)29-19-13-22-8-9-23-19/h8-9,11-13,16-17,24H,1-7,10H2. The molecule has 1 amide bonds. The van der Waals surface area contributed by atoms with Gasteiger partial charge in [0.15, 0.2) is 0 Å². The molecule has 5 rings (SSSR count). The molecular weight excluding hydrogens is 404 g/mol. The molecule has 2 aliphatic heterocycles. The molecule has 0 spiro atoms. The number of benzene rings is 1. The Kier molecular flexibility index (Phi) is 4.94. The van der Waals surface area contributed by atoms with Gasteiger partial charge in [-0.05, 0) is 61.8 Å². The molecule has 30 heavy (non-hydrogen) atoms. The molecule has 8 nitrogen and oxygen atoms in total. The summed E-state index contributed by atoms with van der Waals surface area (Å²) in [6.07, 6.45) is 9.50. The smallest absolute Gasteiger partial charge is 0.240 e. The summed E-state index contributed by atoms with van der Waals surface area (Å²) in [4.78, 5) is 22.3. The van der Waals surface area contributed by atoms with Crippen LogP contribution in [0.3, 0.4) is 0 Å². The zero-order valence-electron chi connectivity index (χ0n) is 16.6. The molecule has 0 saturated heterocycles. The highest BCUT2D eigenvalue weighted by Gasteiger charge is 2.34. The number of nitrogens with zero attached hydrogens (tertiary/aromatic N) is 3. The minimum absolute atomic E-state index is 0.0235. The molecule has 1 fully saturated rings. The molecule has 1 saturated carbocycles. The highest BCUT2D eigenvalue weighted by molar-refractivity contribution is 7.89. The highest BCUT2D eigenvalue weighted by Crippen LogP contribution is 2.38.